The minimum atomic E-state index is -0.981. The SMILES string of the molecule is O=C(O)c1ccc2c(c1)CN(C(=O)c1cc(Cl)c(Cl)[nH]1)C2. The lowest BCUT2D eigenvalue weighted by atomic mass is 10.1. The molecule has 1 aliphatic rings. The number of halogens is 2. The molecule has 0 saturated carbocycles. The Hall–Kier alpha value is -1.98. The third-order valence-corrected chi connectivity index (χ3v) is 4.11. The first kappa shape index (κ1) is 14.0. The van der Waals surface area contributed by atoms with Gasteiger partial charge in [0.15, 0.2) is 0 Å². The van der Waals surface area contributed by atoms with Crippen molar-refractivity contribution in [2.45, 2.75) is 13.1 Å². The van der Waals surface area contributed by atoms with Crippen molar-refractivity contribution in [2.75, 3.05) is 0 Å². The van der Waals surface area contributed by atoms with Crippen molar-refractivity contribution >= 4 is 35.1 Å². The summed E-state index contributed by atoms with van der Waals surface area (Å²) in [5, 5.41) is 9.51. The van der Waals surface area contributed by atoms with Gasteiger partial charge < -0.3 is 15.0 Å². The summed E-state index contributed by atoms with van der Waals surface area (Å²) in [6.07, 6.45) is 0. The number of carbonyl (C=O) groups excluding carboxylic acids is 1. The van der Waals surface area contributed by atoms with Gasteiger partial charge in [0.05, 0.1) is 10.6 Å². The van der Waals surface area contributed by atoms with Gasteiger partial charge in [0.1, 0.15) is 10.8 Å². The smallest absolute Gasteiger partial charge is 0.335 e. The summed E-state index contributed by atoms with van der Waals surface area (Å²) in [4.78, 5) is 27.7. The van der Waals surface area contributed by atoms with E-state index in [0.717, 1.165) is 11.1 Å². The number of nitrogens with one attached hydrogen (secondary N) is 1. The van der Waals surface area contributed by atoms with Crippen LogP contribution in [0.25, 0.3) is 0 Å². The van der Waals surface area contributed by atoms with Gasteiger partial charge in [0, 0.05) is 13.1 Å². The van der Waals surface area contributed by atoms with E-state index in [1.54, 1.807) is 17.0 Å². The van der Waals surface area contributed by atoms with Crippen LogP contribution >= 0.6 is 23.2 Å². The number of hydrogen-bond donors (Lipinski definition) is 2. The zero-order valence-corrected chi connectivity index (χ0v) is 12.2. The van der Waals surface area contributed by atoms with Crippen LogP contribution in [-0.4, -0.2) is 26.9 Å². The molecule has 7 heteroatoms. The van der Waals surface area contributed by atoms with E-state index in [9.17, 15) is 9.59 Å². The predicted octanol–water partition coefficient (Wildman–Crippen LogP) is 3.18. The summed E-state index contributed by atoms with van der Waals surface area (Å²) in [5.41, 5.74) is 2.31. The number of H-pyrrole nitrogens is 1. The Morgan fingerprint density at radius 1 is 1.14 bits per heavy atom. The molecule has 1 aromatic heterocycles. The number of aromatic carboxylic acids is 1. The third-order valence-electron chi connectivity index (χ3n) is 3.42. The van der Waals surface area contributed by atoms with Gasteiger partial charge >= 0.3 is 5.97 Å². The van der Waals surface area contributed by atoms with Crippen molar-refractivity contribution in [3.05, 3.63) is 56.8 Å². The maximum Gasteiger partial charge on any atom is 0.335 e. The molecule has 0 radical (unpaired) electrons. The molecule has 2 heterocycles. The van der Waals surface area contributed by atoms with Gasteiger partial charge in [0.25, 0.3) is 5.91 Å². The highest BCUT2D eigenvalue weighted by molar-refractivity contribution is 6.41. The zero-order chi connectivity index (χ0) is 15.1. The van der Waals surface area contributed by atoms with Crippen LogP contribution in [-0.2, 0) is 13.1 Å². The van der Waals surface area contributed by atoms with E-state index in [-0.39, 0.29) is 16.6 Å². The van der Waals surface area contributed by atoms with Crippen LogP contribution in [0.15, 0.2) is 24.3 Å². The van der Waals surface area contributed by atoms with Gasteiger partial charge in [-0.05, 0) is 29.3 Å². The molecule has 0 saturated heterocycles. The van der Waals surface area contributed by atoms with E-state index in [2.05, 4.69) is 4.98 Å². The van der Waals surface area contributed by atoms with Gasteiger partial charge in [-0.3, -0.25) is 4.79 Å². The fourth-order valence-corrected chi connectivity index (χ4v) is 2.67. The second kappa shape index (κ2) is 5.09. The summed E-state index contributed by atoms with van der Waals surface area (Å²) >= 11 is 11.6. The summed E-state index contributed by atoms with van der Waals surface area (Å²) < 4.78 is 0. The number of rotatable bonds is 2. The Morgan fingerprint density at radius 2 is 1.86 bits per heavy atom. The van der Waals surface area contributed by atoms with Crippen LogP contribution < -0.4 is 0 Å². The van der Waals surface area contributed by atoms with Gasteiger partial charge in [0.2, 0.25) is 0 Å². The Bertz CT molecular complexity index is 735. The number of nitrogens with zero attached hydrogens (tertiary/aromatic N) is 1. The van der Waals surface area contributed by atoms with Crippen molar-refractivity contribution in [1.82, 2.24) is 9.88 Å². The van der Waals surface area contributed by atoms with Gasteiger partial charge in [-0.1, -0.05) is 29.3 Å². The molecule has 0 aliphatic carbocycles. The van der Waals surface area contributed by atoms with E-state index in [4.69, 9.17) is 28.3 Å². The number of hydrogen-bond acceptors (Lipinski definition) is 2. The Morgan fingerprint density at radius 3 is 2.48 bits per heavy atom. The number of carbonyl (C=O) groups is 2. The van der Waals surface area contributed by atoms with Crippen molar-refractivity contribution in [3.8, 4) is 0 Å². The fourth-order valence-electron chi connectivity index (χ4n) is 2.36. The topological polar surface area (TPSA) is 73.4 Å². The number of aromatic amines is 1. The minimum absolute atomic E-state index is 0.217. The van der Waals surface area contributed by atoms with Gasteiger partial charge in [-0.2, -0.15) is 0 Å². The normalized spacial score (nSPS) is 13.3. The number of amides is 1. The average Bonchev–Trinajstić information content (AvgIpc) is 3.01. The molecule has 0 fully saturated rings. The fraction of sp³-hybridized carbons (Fsp3) is 0.143. The van der Waals surface area contributed by atoms with Gasteiger partial charge in [-0.15, -0.1) is 0 Å². The second-order valence-electron chi connectivity index (χ2n) is 4.79. The van der Waals surface area contributed by atoms with Crippen LogP contribution in [0.3, 0.4) is 0 Å². The number of benzene rings is 1. The lowest BCUT2D eigenvalue weighted by Gasteiger charge is -2.13. The third kappa shape index (κ3) is 2.50. The van der Waals surface area contributed by atoms with E-state index >= 15 is 0 Å². The van der Waals surface area contributed by atoms with Crippen LogP contribution in [0.2, 0.25) is 10.2 Å². The van der Waals surface area contributed by atoms with Crippen molar-refractivity contribution in [1.29, 1.82) is 0 Å². The lowest BCUT2D eigenvalue weighted by Crippen LogP contribution is -2.25. The molecule has 0 atom stereocenters. The van der Waals surface area contributed by atoms with Crippen molar-refractivity contribution in [2.24, 2.45) is 0 Å². The molecule has 108 valence electrons. The molecule has 1 aliphatic heterocycles. The summed E-state index contributed by atoms with van der Waals surface area (Å²) in [7, 11) is 0. The van der Waals surface area contributed by atoms with E-state index in [0.29, 0.717) is 23.8 Å². The molecular weight excluding hydrogens is 315 g/mol. The maximum atomic E-state index is 12.4. The Balaban J connectivity index is 1.84. The molecule has 5 nitrogen and oxygen atoms in total. The van der Waals surface area contributed by atoms with E-state index in [1.807, 2.05) is 0 Å². The highest BCUT2D eigenvalue weighted by atomic mass is 35.5. The number of carboxylic acids is 1. The maximum absolute atomic E-state index is 12.4. The highest BCUT2D eigenvalue weighted by Gasteiger charge is 2.26. The van der Waals surface area contributed by atoms with Crippen LogP contribution in [0.5, 0.6) is 0 Å². The van der Waals surface area contributed by atoms with E-state index < -0.39 is 5.97 Å². The molecule has 0 spiro atoms. The molecular formula is C14H10Cl2N2O3. The molecule has 2 N–H and O–H groups in total. The molecule has 3 rings (SSSR count). The lowest BCUT2D eigenvalue weighted by molar-refractivity contribution is 0.0696. The number of aromatic nitrogens is 1. The molecule has 1 aromatic carbocycles. The molecule has 0 bridgehead atoms. The standard InChI is InChI=1S/C14H10Cl2N2O3/c15-10-4-11(17-12(10)16)13(19)18-5-8-2-1-7(14(20)21)3-9(8)6-18/h1-4,17H,5-6H2,(H,20,21). The van der Waals surface area contributed by atoms with Crippen LogP contribution in [0.1, 0.15) is 32.0 Å². The highest BCUT2D eigenvalue weighted by Crippen LogP contribution is 2.27. The second-order valence-corrected chi connectivity index (χ2v) is 5.58. The number of carboxylic acid groups (broad SMARTS) is 1. The molecule has 0 unspecified atom stereocenters. The molecule has 21 heavy (non-hydrogen) atoms. The summed E-state index contributed by atoms with van der Waals surface area (Å²) in [6.45, 7) is 0.797. The van der Waals surface area contributed by atoms with Gasteiger partial charge in [-0.25, -0.2) is 4.79 Å². The zero-order valence-electron chi connectivity index (χ0n) is 10.7. The first-order valence-corrected chi connectivity index (χ1v) is 6.89. The monoisotopic (exact) mass is 324 g/mol. The Labute approximate surface area is 130 Å². The largest absolute Gasteiger partial charge is 0.478 e. The quantitative estimate of drug-likeness (QED) is 0.891. The minimum Gasteiger partial charge on any atom is -0.478 e. The first-order chi connectivity index (χ1) is 9.95. The summed E-state index contributed by atoms with van der Waals surface area (Å²) in [5.74, 6) is -1.21. The first-order valence-electron chi connectivity index (χ1n) is 6.14. The molecule has 1 amide bonds. The predicted molar refractivity (Wildman–Crippen MR) is 77.8 cm³/mol. The molecule has 2 aromatic rings. The number of fused-ring (bicyclic) bond motifs is 1. The van der Waals surface area contributed by atoms with Crippen molar-refractivity contribution < 1.29 is 14.7 Å². The van der Waals surface area contributed by atoms with Crippen LogP contribution in [0, 0.1) is 0 Å². The average molecular weight is 325 g/mol. The Kier molecular flexibility index (Phi) is 3.39. The van der Waals surface area contributed by atoms with Crippen molar-refractivity contribution in [3.63, 3.8) is 0 Å². The summed E-state index contributed by atoms with van der Waals surface area (Å²) in [6, 6.07) is 6.36. The van der Waals surface area contributed by atoms with Crippen LogP contribution in [0.4, 0.5) is 0 Å². The van der Waals surface area contributed by atoms with E-state index in [1.165, 1.54) is 12.1 Å².